The lowest BCUT2D eigenvalue weighted by Crippen LogP contribution is -2.28. The van der Waals surface area contributed by atoms with Gasteiger partial charge in [0.05, 0.1) is 12.7 Å². The fraction of sp³-hybridized carbons (Fsp3) is 0.538. The molecular formula is C13H21NO2. The van der Waals surface area contributed by atoms with Crippen molar-refractivity contribution in [3.05, 3.63) is 29.8 Å². The van der Waals surface area contributed by atoms with Crippen LogP contribution in [0.1, 0.15) is 26.3 Å². The number of hydrogen-bond donors (Lipinski definition) is 2. The molecule has 0 fully saturated rings. The van der Waals surface area contributed by atoms with Gasteiger partial charge in [-0.1, -0.05) is 18.2 Å². The molecule has 1 rings (SSSR count). The summed E-state index contributed by atoms with van der Waals surface area (Å²) in [5.41, 5.74) is 1.12. The topological polar surface area (TPSA) is 41.5 Å². The standard InChI is InChI=1S/C13H21NO2/c1-10(2)16-13-7-5-4-6-12(13)8-14-11(3)9-15/h4-7,10-11,14-15H,8-9H2,1-3H3/t11-/m1/s1. The molecule has 1 aromatic rings. The molecular weight excluding hydrogens is 202 g/mol. The first kappa shape index (κ1) is 13.0. The first-order valence-electron chi connectivity index (χ1n) is 5.72. The molecule has 0 aliphatic rings. The number of ether oxygens (including phenoxy) is 1. The van der Waals surface area contributed by atoms with Crippen molar-refractivity contribution >= 4 is 0 Å². The first-order valence-corrected chi connectivity index (χ1v) is 5.72. The molecule has 0 bridgehead atoms. The van der Waals surface area contributed by atoms with Gasteiger partial charge in [-0.3, -0.25) is 0 Å². The lowest BCUT2D eigenvalue weighted by Gasteiger charge is -2.16. The second-order valence-electron chi connectivity index (χ2n) is 4.24. The van der Waals surface area contributed by atoms with Gasteiger partial charge in [-0.05, 0) is 26.8 Å². The molecule has 1 aromatic carbocycles. The van der Waals surface area contributed by atoms with Crippen LogP contribution in [-0.4, -0.2) is 23.9 Å². The van der Waals surface area contributed by atoms with Gasteiger partial charge in [0.2, 0.25) is 0 Å². The van der Waals surface area contributed by atoms with E-state index in [-0.39, 0.29) is 18.8 Å². The molecule has 0 aliphatic heterocycles. The van der Waals surface area contributed by atoms with E-state index in [1.165, 1.54) is 0 Å². The normalized spacial score (nSPS) is 12.8. The van der Waals surface area contributed by atoms with Gasteiger partial charge in [-0.25, -0.2) is 0 Å². The summed E-state index contributed by atoms with van der Waals surface area (Å²) in [5.74, 6) is 0.912. The summed E-state index contributed by atoms with van der Waals surface area (Å²) in [7, 11) is 0. The van der Waals surface area contributed by atoms with Crippen molar-refractivity contribution in [3.63, 3.8) is 0 Å². The van der Waals surface area contributed by atoms with Gasteiger partial charge in [0.25, 0.3) is 0 Å². The van der Waals surface area contributed by atoms with E-state index in [1.54, 1.807) is 0 Å². The molecule has 0 heterocycles. The third kappa shape index (κ3) is 4.21. The van der Waals surface area contributed by atoms with Crippen LogP contribution in [0.4, 0.5) is 0 Å². The third-order valence-corrected chi connectivity index (χ3v) is 2.25. The zero-order valence-corrected chi connectivity index (χ0v) is 10.2. The minimum atomic E-state index is 0.104. The average molecular weight is 223 g/mol. The smallest absolute Gasteiger partial charge is 0.124 e. The van der Waals surface area contributed by atoms with Crippen LogP contribution >= 0.6 is 0 Å². The molecule has 0 aromatic heterocycles. The summed E-state index contributed by atoms with van der Waals surface area (Å²) in [4.78, 5) is 0. The van der Waals surface area contributed by atoms with Crippen LogP contribution in [0.5, 0.6) is 5.75 Å². The van der Waals surface area contributed by atoms with Crippen LogP contribution in [0, 0.1) is 0 Å². The summed E-state index contributed by atoms with van der Waals surface area (Å²) < 4.78 is 5.71. The predicted octanol–water partition coefficient (Wildman–Crippen LogP) is 1.94. The van der Waals surface area contributed by atoms with Crippen molar-refractivity contribution in [2.45, 2.75) is 39.5 Å². The molecule has 3 heteroatoms. The third-order valence-electron chi connectivity index (χ3n) is 2.25. The number of nitrogens with one attached hydrogen (secondary N) is 1. The lowest BCUT2D eigenvalue weighted by molar-refractivity contribution is 0.235. The molecule has 0 saturated carbocycles. The van der Waals surface area contributed by atoms with Crippen LogP contribution in [-0.2, 0) is 6.54 Å². The van der Waals surface area contributed by atoms with E-state index in [9.17, 15) is 0 Å². The summed E-state index contributed by atoms with van der Waals surface area (Å²) in [6.07, 6.45) is 0.177. The van der Waals surface area contributed by atoms with Gasteiger partial charge in [0.15, 0.2) is 0 Å². The predicted molar refractivity (Wildman–Crippen MR) is 65.6 cm³/mol. The number of benzene rings is 1. The Bertz CT molecular complexity index is 313. The number of rotatable bonds is 6. The number of aliphatic hydroxyl groups excluding tert-OH is 1. The molecule has 0 aliphatic carbocycles. The summed E-state index contributed by atoms with van der Waals surface area (Å²) in [6.45, 7) is 6.84. The van der Waals surface area contributed by atoms with Crippen molar-refractivity contribution in [2.24, 2.45) is 0 Å². The number of para-hydroxylation sites is 1. The second-order valence-corrected chi connectivity index (χ2v) is 4.24. The minimum Gasteiger partial charge on any atom is -0.491 e. The maximum atomic E-state index is 8.93. The summed E-state index contributed by atoms with van der Waals surface area (Å²) in [5, 5.41) is 12.2. The van der Waals surface area contributed by atoms with Crippen LogP contribution in [0.3, 0.4) is 0 Å². The average Bonchev–Trinajstić information content (AvgIpc) is 2.26. The monoisotopic (exact) mass is 223 g/mol. The molecule has 0 saturated heterocycles. The Kier molecular flexibility index (Phi) is 5.29. The highest BCUT2D eigenvalue weighted by atomic mass is 16.5. The van der Waals surface area contributed by atoms with E-state index in [1.807, 2.05) is 45.0 Å². The number of aliphatic hydroxyl groups is 1. The number of hydrogen-bond acceptors (Lipinski definition) is 3. The highest BCUT2D eigenvalue weighted by molar-refractivity contribution is 5.33. The second kappa shape index (κ2) is 6.51. The van der Waals surface area contributed by atoms with Gasteiger partial charge in [0.1, 0.15) is 5.75 Å². The fourth-order valence-corrected chi connectivity index (χ4v) is 1.37. The molecule has 0 amide bonds. The quantitative estimate of drug-likeness (QED) is 0.774. The Labute approximate surface area is 97.4 Å². The molecule has 1 atom stereocenters. The van der Waals surface area contributed by atoms with E-state index in [4.69, 9.17) is 9.84 Å². The van der Waals surface area contributed by atoms with Gasteiger partial charge >= 0.3 is 0 Å². The van der Waals surface area contributed by atoms with Crippen LogP contribution in [0.2, 0.25) is 0 Å². The maximum absolute atomic E-state index is 8.93. The van der Waals surface area contributed by atoms with Gasteiger partial charge in [-0.2, -0.15) is 0 Å². The molecule has 0 spiro atoms. The van der Waals surface area contributed by atoms with Gasteiger partial charge in [-0.15, -0.1) is 0 Å². The summed E-state index contributed by atoms with van der Waals surface area (Å²) >= 11 is 0. The van der Waals surface area contributed by atoms with E-state index in [2.05, 4.69) is 5.32 Å². The van der Waals surface area contributed by atoms with Crippen LogP contribution in [0.15, 0.2) is 24.3 Å². The molecule has 3 nitrogen and oxygen atoms in total. The lowest BCUT2D eigenvalue weighted by atomic mass is 10.2. The minimum absolute atomic E-state index is 0.104. The van der Waals surface area contributed by atoms with Crippen LogP contribution < -0.4 is 10.1 Å². The van der Waals surface area contributed by atoms with E-state index >= 15 is 0 Å². The highest BCUT2D eigenvalue weighted by Gasteiger charge is 2.06. The summed E-state index contributed by atoms with van der Waals surface area (Å²) in [6, 6.07) is 8.08. The first-order chi connectivity index (χ1) is 7.63. The SMILES string of the molecule is CC(C)Oc1ccccc1CN[C@H](C)CO. The van der Waals surface area contributed by atoms with Crippen molar-refractivity contribution in [1.82, 2.24) is 5.32 Å². The van der Waals surface area contributed by atoms with Gasteiger partial charge in [0, 0.05) is 18.2 Å². The fourth-order valence-electron chi connectivity index (χ4n) is 1.37. The Balaban J connectivity index is 2.63. The molecule has 0 radical (unpaired) electrons. The molecule has 90 valence electrons. The molecule has 2 N–H and O–H groups in total. The van der Waals surface area contributed by atoms with E-state index in [0.717, 1.165) is 11.3 Å². The van der Waals surface area contributed by atoms with E-state index in [0.29, 0.717) is 6.54 Å². The van der Waals surface area contributed by atoms with Crippen molar-refractivity contribution in [1.29, 1.82) is 0 Å². The zero-order chi connectivity index (χ0) is 12.0. The van der Waals surface area contributed by atoms with E-state index < -0.39 is 0 Å². The Morgan fingerprint density at radius 2 is 1.94 bits per heavy atom. The Hall–Kier alpha value is -1.06. The maximum Gasteiger partial charge on any atom is 0.124 e. The van der Waals surface area contributed by atoms with Crippen molar-refractivity contribution in [3.8, 4) is 5.75 Å². The van der Waals surface area contributed by atoms with Gasteiger partial charge < -0.3 is 15.2 Å². The molecule has 0 unspecified atom stereocenters. The zero-order valence-electron chi connectivity index (χ0n) is 10.2. The Morgan fingerprint density at radius 1 is 1.25 bits per heavy atom. The van der Waals surface area contributed by atoms with Crippen molar-refractivity contribution < 1.29 is 9.84 Å². The largest absolute Gasteiger partial charge is 0.491 e. The van der Waals surface area contributed by atoms with Crippen LogP contribution in [0.25, 0.3) is 0 Å². The Morgan fingerprint density at radius 3 is 2.56 bits per heavy atom. The molecule has 16 heavy (non-hydrogen) atoms. The van der Waals surface area contributed by atoms with Crippen molar-refractivity contribution in [2.75, 3.05) is 6.61 Å². The highest BCUT2D eigenvalue weighted by Crippen LogP contribution is 2.19.